The molecule has 1 heterocycles. The van der Waals surface area contributed by atoms with Crippen molar-refractivity contribution in [1.29, 1.82) is 0 Å². The Morgan fingerprint density at radius 1 is 1.00 bits per heavy atom. The molecule has 3 aromatic carbocycles. The van der Waals surface area contributed by atoms with Gasteiger partial charge in [-0.1, -0.05) is 72.3 Å². The first kappa shape index (κ1) is 19.7. The van der Waals surface area contributed by atoms with E-state index in [-0.39, 0.29) is 12.5 Å². The summed E-state index contributed by atoms with van der Waals surface area (Å²) in [6.45, 7) is 2.68. The molecular weight excluding hydrogens is 382 g/mol. The smallest absolute Gasteiger partial charge is 0.253 e. The minimum absolute atomic E-state index is 0.0266. The number of benzene rings is 3. The molecule has 0 saturated carbocycles. The maximum absolute atomic E-state index is 13.0. The fourth-order valence-corrected chi connectivity index (χ4v) is 4.12. The van der Waals surface area contributed by atoms with Crippen LogP contribution in [-0.2, 0) is 21.6 Å². The highest BCUT2D eigenvalue weighted by Crippen LogP contribution is 2.42. The zero-order chi connectivity index (χ0) is 20.3. The average Bonchev–Trinajstić information content (AvgIpc) is 2.86. The number of hydrogen-bond donors (Lipinski definition) is 0. The molecule has 1 amide bonds. The van der Waals surface area contributed by atoms with E-state index in [9.17, 15) is 4.79 Å². The van der Waals surface area contributed by atoms with E-state index >= 15 is 0 Å². The summed E-state index contributed by atoms with van der Waals surface area (Å²) in [5, 5.41) is 0.632. The number of halogens is 1. The number of rotatable bonds is 5. The number of anilines is 1. The van der Waals surface area contributed by atoms with Crippen LogP contribution in [0.3, 0.4) is 0 Å². The van der Waals surface area contributed by atoms with E-state index < -0.39 is 5.60 Å². The SMILES string of the molecule is CC1(c2ccccc2)OCC(=O)N(CCCc2ccccc2)c2ccc(Cl)cc21. The van der Waals surface area contributed by atoms with Crippen LogP contribution in [0.4, 0.5) is 5.69 Å². The zero-order valence-electron chi connectivity index (χ0n) is 16.5. The zero-order valence-corrected chi connectivity index (χ0v) is 17.2. The van der Waals surface area contributed by atoms with Gasteiger partial charge < -0.3 is 9.64 Å². The Balaban J connectivity index is 1.67. The summed E-state index contributed by atoms with van der Waals surface area (Å²) in [5.41, 5.74) is 3.32. The number of hydrogen-bond acceptors (Lipinski definition) is 2. The molecule has 1 unspecified atom stereocenters. The number of ether oxygens (including phenoxy) is 1. The molecule has 0 N–H and O–H groups in total. The van der Waals surface area contributed by atoms with Gasteiger partial charge in [-0.05, 0) is 49.1 Å². The van der Waals surface area contributed by atoms with Gasteiger partial charge in [-0.3, -0.25) is 4.79 Å². The van der Waals surface area contributed by atoms with Gasteiger partial charge in [-0.25, -0.2) is 0 Å². The van der Waals surface area contributed by atoms with E-state index in [0.29, 0.717) is 11.6 Å². The van der Waals surface area contributed by atoms with Crippen LogP contribution in [0.5, 0.6) is 0 Å². The number of nitrogens with zero attached hydrogens (tertiary/aromatic N) is 1. The molecule has 1 atom stereocenters. The molecule has 29 heavy (non-hydrogen) atoms. The first-order chi connectivity index (χ1) is 14.1. The van der Waals surface area contributed by atoms with E-state index in [1.54, 1.807) is 0 Å². The maximum Gasteiger partial charge on any atom is 0.253 e. The Kier molecular flexibility index (Phi) is 5.70. The second kappa shape index (κ2) is 8.40. The van der Waals surface area contributed by atoms with Crippen LogP contribution in [0, 0.1) is 0 Å². The van der Waals surface area contributed by atoms with Crippen molar-refractivity contribution in [2.45, 2.75) is 25.4 Å². The normalized spacial score (nSPS) is 19.0. The van der Waals surface area contributed by atoms with Gasteiger partial charge >= 0.3 is 0 Å². The van der Waals surface area contributed by atoms with E-state index in [2.05, 4.69) is 12.1 Å². The van der Waals surface area contributed by atoms with Crippen LogP contribution >= 0.6 is 11.6 Å². The van der Waals surface area contributed by atoms with Crippen molar-refractivity contribution in [3.8, 4) is 0 Å². The van der Waals surface area contributed by atoms with Crippen LogP contribution in [0.2, 0.25) is 5.02 Å². The molecule has 148 valence electrons. The Bertz CT molecular complexity index is 990. The largest absolute Gasteiger partial charge is 0.356 e. The number of carbonyl (C=O) groups is 1. The molecule has 0 radical (unpaired) electrons. The molecular formula is C25H24ClNO2. The van der Waals surface area contributed by atoms with Crippen molar-refractivity contribution in [3.63, 3.8) is 0 Å². The van der Waals surface area contributed by atoms with Crippen molar-refractivity contribution < 1.29 is 9.53 Å². The number of fused-ring (bicyclic) bond motifs is 1. The molecule has 4 heteroatoms. The lowest BCUT2D eigenvalue weighted by Gasteiger charge is -2.31. The van der Waals surface area contributed by atoms with E-state index in [1.165, 1.54) is 5.56 Å². The predicted octanol–water partition coefficient (Wildman–Crippen LogP) is 5.60. The van der Waals surface area contributed by atoms with Gasteiger partial charge in [0.05, 0.1) is 5.69 Å². The van der Waals surface area contributed by atoms with Crippen molar-refractivity contribution in [2.24, 2.45) is 0 Å². The van der Waals surface area contributed by atoms with Gasteiger partial charge in [0, 0.05) is 17.1 Å². The third kappa shape index (κ3) is 4.07. The Morgan fingerprint density at radius 2 is 1.69 bits per heavy atom. The van der Waals surface area contributed by atoms with E-state index in [4.69, 9.17) is 16.3 Å². The minimum Gasteiger partial charge on any atom is -0.356 e. The van der Waals surface area contributed by atoms with Crippen molar-refractivity contribution >= 4 is 23.2 Å². The third-order valence-corrected chi connectivity index (χ3v) is 5.80. The molecule has 0 saturated heterocycles. The Labute approximate surface area is 176 Å². The number of carbonyl (C=O) groups excluding carboxylic acids is 1. The third-order valence-electron chi connectivity index (χ3n) is 5.56. The lowest BCUT2D eigenvalue weighted by molar-refractivity contribution is -0.126. The molecule has 0 aromatic heterocycles. The molecule has 1 aliphatic heterocycles. The number of aryl methyl sites for hydroxylation is 1. The molecule has 1 aliphatic rings. The van der Waals surface area contributed by atoms with Crippen LogP contribution < -0.4 is 4.90 Å². The van der Waals surface area contributed by atoms with E-state index in [0.717, 1.165) is 29.7 Å². The predicted molar refractivity (Wildman–Crippen MR) is 117 cm³/mol. The molecule has 3 nitrogen and oxygen atoms in total. The molecule has 0 aliphatic carbocycles. The quantitative estimate of drug-likeness (QED) is 0.553. The fraction of sp³-hybridized carbons (Fsp3) is 0.240. The fourth-order valence-electron chi connectivity index (χ4n) is 3.95. The van der Waals surface area contributed by atoms with Crippen molar-refractivity contribution in [3.05, 3.63) is 101 Å². The first-order valence-electron chi connectivity index (χ1n) is 9.92. The molecule has 4 rings (SSSR count). The van der Waals surface area contributed by atoms with Gasteiger partial charge in [0.2, 0.25) is 0 Å². The Morgan fingerprint density at radius 3 is 2.41 bits per heavy atom. The van der Waals surface area contributed by atoms with Gasteiger partial charge in [0.25, 0.3) is 5.91 Å². The lowest BCUT2D eigenvalue weighted by atomic mass is 9.86. The van der Waals surface area contributed by atoms with Gasteiger partial charge in [-0.15, -0.1) is 0 Å². The maximum atomic E-state index is 13.0. The monoisotopic (exact) mass is 405 g/mol. The van der Waals surface area contributed by atoms with E-state index in [1.807, 2.05) is 78.6 Å². The van der Waals surface area contributed by atoms with Gasteiger partial charge in [0.1, 0.15) is 12.2 Å². The second-order valence-electron chi connectivity index (χ2n) is 7.48. The van der Waals surface area contributed by atoms with Crippen LogP contribution in [-0.4, -0.2) is 19.1 Å². The molecule has 0 bridgehead atoms. The Hall–Kier alpha value is -2.62. The summed E-state index contributed by atoms with van der Waals surface area (Å²) in [7, 11) is 0. The van der Waals surface area contributed by atoms with Crippen LogP contribution in [0.1, 0.15) is 30.0 Å². The lowest BCUT2D eigenvalue weighted by Crippen LogP contribution is -2.34. The van der Waals surface area contributed by atoms with Crippen LogP contribution in [0.25, 0.3) is 0 Å². The van der Waals surface area contributed by atoms with Gasteiger partial charge in [-0.2, -0.15) is 0 Å². The minimum atomic E-state index is -0.745. The summed E-state index contributed by atoms with van der Waals surface area (Å²) < 4.78 is 6.22. The summed E-state index contributed by atoms with van der Waals surface area (Å²) in [4.78, 5) is 14.8. The highest BCUT2D eigenvalue weighted by atomic mass is 35.5. The summed E-state index contributed by atoms with van der Waals surface area (Å²) in [5.74, 6) is -0.0266. The topological polar surface area (TPSA) is 29.5 Å². The first-order valence-corrected chi connectivity index (χ1v) is 10.3. The summed E-state index contributed by atoms with van der Waals surface area (Å²) >= 11 is 6.35. The average molecular weight is 406 g/mol. The molecule has 3 aromatic rings. The summed E-state index contributed by atoms with van der Waals surface area (Å²) in [6, 6.07) is 26.0. The molecule has 0 spiro atoms. The second-order valence-corrected chi connectivity index (χ2v) is 7.92. The van der Waals surface area contributed by atoms with Gasteiger partial charge in [0.15, 0.2) is 0 Å². The highest BCUT2D eigenvalue weighted by Gasteiger charge is 2.38. The van der Waals surface area contributed by atoms with Crippen molar-refractivity contribution in [1.82, 2.24) is 0 Å². The summed E-state index contributed by atoms with van der Waals surface area (Å²) in [6.07, 6.45) is 1.80. The highest BCUT2D eigenvalue weighted by molar-refractivity contribution is 6.30. The number of amides is 1. The van der Waals surface area contributed by atoms with Crippen LogP contribution in [0.15, 0.2) is 78.9 Å². The van der Waals surface area contributed by atoms with Crippen molar-refractivity contribution in [2.75, 3.05) is 18.1 Å². The standard InChI is InChI=1S/C25H24ClNO2/c1-25(20-12-6-3-7-13-20)22-17-21(26)14-15-23(22)27(24(28)18-29-25)16-8-11-19-9-4-2-5-10-19/h2-7,9-10,12-15,17H,8,11,16,18H2,1H3. The molecule has 0 fully saturated rings.